The molecule has 1 rings (SSSR count). The van der Waals surface area contributed by atoms with Gasteiger partial charge in [0.05, 0.1) is 5.56 Å². The number of rotatable bonds is 15. The van der Waals surface area contributed by atoms with Crippen LogP contribution in [0.5, 0.6) is 0 Å². The van der Waals surface area contributed by atoms with Crippen molar-refractivity contribution in [2.75, 3.05) is 18.8 Å². The average Bonchev–Trinajstić information content (AvgIpc) is 2.80. The summed E-state index contributed by atoms with van der Waals surface area (Å²) in [6.07, 6.45) is 12.4. The van der Waals surface area contributed by atoms with E-state index in [1.54, 1.807) is 11.8 Å². The summed E-state index contributed by atoms with van der Waals surface area (Å²) < 4.78 is 5.22. The molecule has 1 aromatic carbocycles. The summed E-state index contributed by atoms with van der Waals surface area (Å²) in [5, 5.41) is 5.74. The summed E-state index contributed by atoms with van der Waals surface area (Å²) in [5.41, 5.74) is 4.43. The van der Waals surface area contributed by atoms with Crippen LogP contribution in [0, 0.1) is 0 Å². The summed E-state index contributed by atoms with van der Waals surface area (Å²) >= 11 is 1.69. The number of ether oxygens (including phenoxy) is 1. The van der Waals surface area contributed by atoms with E-state index in [1.807, 2.05) is 45.0 Å². The first kappa shape index (κ1) is 32.6. The number of benzene rings is 1. The van der Waals surface area contributed by atoms with E-state index in [0.29, 0.717) is 18.7 Å². The van der Waals surface area contributed by atoms with Gasteiger partial charge in [0.15, 0.2) is 0 Å². The van der Waals surface area contributed by atoms with Crippen molar-refractivity contribution in [1.29, 1.82) is 0 Å². The van der Waals surface area contributed by atoms with Crippen LogP contribution in [0.15, 0.2) is 64.1 Å². The van der Waals surface area contributed by atoms with Gasteiger partial charge >= 0.3 is 6.09 Å². The molecule has 206 valence electrons. The molecule has 2 N–H and O–H groups in total. The van der Waals surface area contributed by atoms with Crippen LogP contribution >= 0.6 is 11.8 Å². The highest BCUT2D eigenvalue weighted by molar-refractivity contribution is 7.99. The minimum Gasteiger partial charge on any atom is -0.444 e. The molecule has 0 heterocycles. The SMILES string of the molecule is CC(C)=CCC/C(C)=C/CC/C(C)=C/CSc1ccccc1C(=O)NCCCCNC(=O)OC(C)(C)C. The van der Waals surface area contributed by atoms with Crippen molar-refractivity contribution in [3.8, 4) is 0 Å². The molecular weight excluding hydrogens is 480 g/mol. The fourth-order valence-electron chi connectivity index (χ4n) is 3.44. The minimum absolute atomic E-state index is 0.0578. The Labute approximate surface area is 229 Å². The van der Waals surface area contributed by atoms with Gasteiger partial charge in [-0.05, 0) is 99.1 Å². The number of nitrogens with one attached hydrogen (secondary N) is 2. The van der Waals surface area contributed by atoms with E-state index in [-0.39, 0.29) is 5.91 Å². The van der Waals surface area contributed by atoms with Crippen molar-refractivity contribution in [2.24, 2.45) is 0 Å². The molecule has 0 saturated heterocycles. The molecule has 0 spiro atoms. The molecular formula is C31H48N2O3S. The van der Waals surface area contributed by atoms with Crippen molar-refractivity contribution in [2.45, 2.75) is 97.5 Å². The zero-order valence-electron chi connectivity index (χ0n) is 24.0. The van der Waals surface area contributed by atoms with E-state index in [2.05, 4.69) is 56.6 Å². The van der Waals surface area contributed by atoms with Gasteiger partial charge in [0.2, 0.25) is 0 Å². The van der Waals surface area contributed by atoms with Gasteiger partial charge in [-0.2, -0.15) is 0 Å². The number of carbonyl (C=O) groups is 2. The summed E-state index contributed by atoms with van der Waals surface area (Å²) in [4.78, 5) is 25.4. The summed E-state index contributed by atoms with van der Waals surface area (Å²) in [6.45, 7) is 15.3. The zero-order chi connectivity index (χ0) is 27.7. The maximum atomic E-state index is 12.7. The van der Waals surface area contributed by atoms with E-state index in [4.69, 9.17) is 4.74 Å². The number of hydrogen-bond donors (Lipinski definition) is 2. The Morgan fingerprint density at radius 1 is 0.865 bits per heavy atom. The van der Waals surface area contributed by atoms with Gasteiger partial charge in [-0.15, -0.1) is 11.8 Å². The maximum Gasteiger partial charge on any atom is 0.407 e. The Kier molecular flexibility index (Phi) is 15.7. The van der Waals surface area contributed by atoms with Crippen LogP contribution in [0.4, 0.5) is 4.79 Å². The predicted molar refractivity (Wildman–Crippen MR) is 158 cm³/mol. The molecule has 0 saturated carbocycles. The normalized spacial score (nSPS) is 12.2. The van der Waals surface area contributed by atoms with Crippen LogP contribution in [0.25, 0.3) is 0 Å². The van der Waals surface area contributed by atoms with Gasteiger partial charge in [-0.25, -0.2) is 4.79 Å². The summed E-state index contributed by atoms with van der Waals surface area (Å²) in [7, 11) is 0. The van der Waals surface area contributed by atoms with Gasteiger partial charge in [-0.3, -0.25) is 4.79 Å². The van der Waals surface area contributed by atoms with Crippen LogP contribution in [0.3, 0.4) is 0 Å². The average molecular weight is 529 g/mol. The van der Waals surface area contributed by atoms with Crippen molar-refractivity contribution in [3.63, 3.8) is 0 Å². The number of amides is 2. The molecule has 0 aliphatic rings. The highest BCUT2D eigenvalue weighted by Crippen LogP contribution is 2.23. The third-order valence-corrected chi connectivity index (χ3v) is 6.48. The Morgan fingerprint density at radius 3 is 2.11 bits per heavy atom. The Bertz CT molecular complexity index is 938. The summed E-state index contributed by atoms with van der Waals surface area (Å²) in [5.74, 6) is 0.785. The quantitative estimate of drug-likeness (QED) is 0.137. The maximum absolute atomic E-state index is 12.7. The van der Waals surface area contributed by atoms with E-state index in [0.717, 1.165) is 49.2 Å². The lowest BCUT2D eigenvalue weighted by Gasteiger charge is -2.19. The Morgan fingerprint density at radius 2 is 1.46 bits per heavy atom. The molecule has 0 atom stereocenters. The molecule has 5 nitrogen and oxygen atoms in total. The number of unbranched alkanes of at least 4 members (excludes halogenated alkanes) is 1. The smallest absolute Gasteiger partial charge is 0.407 e. The molecule has 0 aliphatic carbocycles. The largest absolute Gasteiger partial charge is 0.444 e. The van der Waals surface area contributed by atoms with E-state index in [9.17, 15) is 9.59 Å². The summed E-state index contributed by atoms with van der Waals surface area (Å²) in [6, 6.07) is 7.76. The first-order chi connectivity index (χ1) is 17.5. The number of thioether (sulfide) groups is 1. The van der Waals surface area contributed by atoms with Crippen LogP contribution in [0.2, 0.25) is 0 Å². The Balaban J connectivity index is 2.39. The van der Waals surface area contributed by atoms with Crippen LogP contribution in [-0.4, -0.2) is 36.4 Å². The molecule has 1 aromatic rings. The van der Waals surface area contributed by atoms with Crippen molar-refractivity contribution in [1.82, 2.24) is 10.6 Å². The monoisotopic (exact) mass is 528 g/mol. The molecule has 37 heavy (non-hydrogen) atoms. The van der Waals surface area contributed by atoms with Gasteiger partial charge in [0.1, 0.15) is 5.60 Å². The van der Waals surface area contributed by atoms with Crippen molar-refractivity contribution in [3.05, 3.63) is 64.8 Å². The molecule has 6 heteroatoms. The molecule has 2 amide bonds. The second-order valence-electron chi connectivity index (χ2n) is 10.7. The number of carbonyl (C=O) groups excluding carboxylic acids is 2. The minimum atomic E-state index is -0.500. The predicted octanol–water partition coefficient (Wildman–Crippen LogP) is 8.23. The van der Waals surface area contributed by atoms with Crippen LogP contribution in [-0.2, 0) is 4.74 Å². The van der Waals surface area contributed by atoms with Crippen LogP contribution in [0.1, 0.15) is 97.3 Å². The second kappa shape index (κ2) is 17.9. The number of allylic oxidation sites excluding steroid dienone is 5. The van der Waals surface area contributed by atoms with Crippen molar-refractivity contribution < 1.29 is 14.3 Å². The lowest BCUT2D eigenvalue weighted by atomic mass is 10.1. The van der Waals surface area contributed by atoms with Crippen LogP contribution < -0.4 is 10.6 Å². The van der Waals surface area contributed by atoms with E-state index in [1.165, 1.54) is 16.7 Å². The Hall–Kier alpha value is -2.47. The van der Waals surface area contributed by atoms with E-state index < -0.39 is 11.7 Å². The molecule has 0 aliphatic heterocycles. The number of hydrogen-bond acceptors (Lipinski definition) is 4. The third-order valence-electron chi connectivity index (χ3n) is 5.48. The first-order valence-electron chi connectivity index (χ1n) is 13.4. The third kappa shape index (κ3) is 16.8. The molecule has 0 aromatic heterocycles. The highest BCUT2D eigenvalue weighted by atomic mass is 32.2. The van der Waals surface area contributed by atoms with Crippen molar-refractivity contribution >= 4 is 23.8 Å². The highest BCUT2D eigenvalue weighted by Gasteiger charge is 2.15. The van der Waals surface area contributed by atoms with Gasteiger partial charge < -0.3 is 15.4 Å². The van der Waals surface area contributed by atoms with Gasteiger partial charge in [0.25, 0.3) is 5.91 Å². The lowest BCUT2D eigenvalue weighted by molar-refractivity contribution is 0.0526. The fraction of sp³-hybridized carbons (Fsp3) is 0.548. The zero-order valence-corrected chi connectivity index (χ0v) is 24.9. The fourth-order valence-corrected chi connectivity index (χ4v) is 4.48. The second-order valence-corrected chi connectivity index (χ2v) is 11.7. The van der Waals surface area contributed by atoms with Gasteiger partial charge in [0, 0.05) is 23.7 Å². The van der Waals surface area contributed by atoms with E-state index >= 15 is 0 Å². The lowest BCUT2D eigenvalue weighted by Crippen LogP contribution is -2.33. The first-order valence-corrected chi connectivity index (χ1v) is 14.4. The number of alkyl carbamates (subject to hydrolysis) is 1. The molecule has 0 radical (unpaired) electrons. The topological polar surface area (TPSA) is 67.4 Å². The molecule has 0 fully saturated rings. The standard InChI is InChI=1S/C31H48N2O3S/c1-24(2)14-12-15-25(3)16-13-17-26(4)20-23-37-28-19-9-8-18-27(28)29(34)32-21-10-11-22-33-30(35)36-31(5,6)7/h8-9,14,16,18-20H,10-13,15,17,21-23H2,1-7H3,(H,32,34)(H,33,35)/b25-16+,26-20+. The van der Waals surface area contributed by atoms with Gasteiger partial charge in [-0.1, -0.05) is 47.1 Å². The molecule has 0 unspecified atom stereocenters. The molecule has 0 bridgehead atoms.